The third kappa shape index (κ3) is 2.82. The largest absolute Gasteiger partial charge is 0.353 e. The van der Waals surface area contributed by atoms with Gasteiger partial charge in [-0.15, -0.1) is 0 Å². The maximum atomic E-state index is 12.2. The SMILES string of the molecule is C[C@H](NC(=O)C1C[C@H]1c1cnc[nH]1)C1CCCCC1. The number of nitrogens with zero attached hydrogens (tertiary/aromatic N) is 1. The topological polar surface area (TPSA) is 57.8 Å². The number of carbonyl (C=O) groups excluding carboxylic acids is 1. The molecule has 0 bridgehead atoms. The molecule has 2 aliphatic rings. The molecule has 1 aromatic rings. The molecule has 1 heterocycles. The van der Waals surface area contributed by atoms with Crippen LogP contribution in [0.3, 0.4) is 0 Å². The van der Waals surface area contributed by atoms with Gasteiger partial charge in [0.1, 0.15) is 0 Å². The lowest BCUT2D eigenvalue weighted by molar-refractivity contribution is -0.123. The van der Waals surface area contributed by atoms with E-state index in [9.17, 15) is 4.79 Å². The third-order valence-electron chi connectivity index (χ3n) is 4.77. The standard InChI is InChI=1S/C15H23N3O/c1-10(11-5-3-2-4-6-11)18-15(19)13-7-12(13)14-8-16-9-17-14/h8-13H,2-7H2,1H3,(H,16,17)(H,18,19)/t10-,12+,13?/m0/s1. The molecular formula is C15H23N3O. The number of hydrogen-bond acceptors (Lipinski definition) is 2. The first-order valence-electron chi connectivity index (χ1n) is 7.54. The molecule has 0 radical (unpaired) electrons. The second-order valence-electron chi connectivity index (χ2n) is 6.15. The van der Waals surface area contributed by atoms with E-state index in [1.165, 1.54) is 32.1 Å². The lowest BCUT2D eigenvalue weighted by Gasteiger charge is -2.28. The van der Waals surface area contributed by atoms with Gasteiger partial charge in [0, 0.05) is 29.8 Å². The van der Waals surface area contributed by atoms with Gasteiger partial charge >= 0.3 is 0 Å². The van der Waals surface area contributed by atoms with Crippen molar-refractivity contribution in [2.75, 3.05) is 0 Å². The minimum absolute atomic E-state index is 0.159. The highest BCUT2D eigenvalue weighted by atomic mass is 16.2. The molecule has 104 valence electrons. The Morgan fingerprint density at radius 3 is 2.89 bits per heavy atom. The van der Waals surface area contributed by atoms with Gasteiger partial charge in [-0.3, -0.25) is 4.79 Å². The van der Waals surface area contributed by atoms with Crippen LogP contribution in [0.15, 0.2) is 12.5 Å². The van der Waals surface area contributed by atoms with Crippen molar-refractivity contribution in [3.63, 3.8) is 0 Å². The summed E-state index contributed by atoms with van der Waals surface area (Å²) in [6.07, 6.45) is 11.0. The summed E-state index contributed by atoms with van der Waals surface area (Å²) in [7, 11) is 0. The van der Waals surface area contributed by atoms with Gasteiger partial charge in [-0.05, 0) is 32.1 Å². The van der Waals surface area contributed by atoms with Crippen molar-refractivity contribution in [1.82, 2.24) is 15.3 Å². The van der Waals surface area contributed by atoms with Gasteiger partial charge in [-0.25, -0.2) is 4.98 Å². The molecule has 0 saturated heterocycles. The molecule has 2 fully saturated rings. The van der Waals surface area contributed by atoms with Crippen molar-refractivity contribution in [2.24, 2.45) is 11.8 Å². The van der Waals surface area contributed by atoms with Gasteiger partial charge in [-0.2, -0.15) is 0 Å². The second kappa shape index (κ2) is 5.35. The van der Waals surface area contributed by atoms with Gasteiger partial charge < -0.3 is 10.3 Å². The molecule has 2 N–H and O–H groups in total. The molecule has 4 nitrogen and oxygen atoms in total. The molecular weight excluding hydrogens is 238 g/mol. The highest BCUT2D eigenvalue weighted by Crippen LogP contribution is 2.46. The summed E-state index contributed by atoms with van der Waals surface area (Å²) in [4.78, 5) is 19.4. The number of aromatic nitrogens is 2. The molecule has 1 amide bonds. The number of amides is 1. The van der Waals surface area contributed by atoms with Crippen LogP contribution < -0.4 is 5.32 Å². The minimum atomic E-state index is 0.159. The van der Waals surface area contributed by atoms with Crippen molar-refractivity contribution < 1.29 is 4.79 Å². The molecule has 0 spiro atoms. The zero-order valence-corrected chi connectivity index (χ0v) is 11.6. The predicted octanol–water partition coefficient (Wildman–Crippen LogP) is 2.60. The van der Waals surface area contributed by atoms with Crippen LogP contribution in [0, 0.1) is 11.8 Å². The van der Waals surface area contributed by atoms with E-state index >= 15 is 0 Å². The quantitative estimate of drug-likeness (QED) is 0.875. The van der Waals surface area contributed by atoms with Gasteiger partial charge in [0.25, 0.3) is 0 Å². The van der Waals surface area contributed by atoms with Crippen LogP contribution in [0.2, 0.25) is 0 Å². The first-order chi connectivity index (χ1) is 9.25. The van der Waals surface area contributed by atoms with Crippen molar-refractivity contribution in [3.05, 3.63) is 18.2 Å². The first-order valence-corrected chi connectivity index (χ1v) is 7.54. The van der Waals surface area contributed by atoms with Crippen LogP contribution in [0.25, 0.3) is 0 Å². The Morgan fingerprint density at radius 1 is 1.42 bits per heavy atom. The maximum Gasteiger partial charge on any atom is 0.224 e. The number of nitrogens with one attached hydrogen (secondary N) is 2. The highest BCUT2D eigenvalue weighted by molar-refractivity contribution is 5.83. The summed E-state index contributed by atoms with van der Waals surface area (Å²) in [6, 6.07) is 0.329. The Hall–Kier alpha value is -1.32. The summed E-state index contributed by atoms with van der Waals surface area (Å²) in [5, 5.41) is 3.23. The van der Waals surface area contributed by atoms with E-state index in [1.807, 2.05) is 6.20 Å². The van der Waals surface area contributed by atoms with E-state index in [1.54, 1.807) is 6.33 Å². The van der Waals surface area contributed by atoms with E-state index in [0.29, 0.717) is 17.9 Å². The highest BCUT2D eigenvalue weighted by Gasteiger charge is 2.45. The fourth-order valence-electron chi connectivity index (χ4n) is 3.38. The molecule has 2 aliphatic carbocycles. The van der Waals surface area contributed by atoms with Gasteiger partial charge in [0.15, 0.2) is 0 Å². The number of H-pyrrole nitrogens is 1. The normalized spacial score (nSPS) is 28.9. The van der Waals surface area contributed by atoms with E-state index < -0.39 is 0 Å². The average Bonchev–Trinajstić information content (AvgIpc) is 3.06. The summed E-state index contributed by atoms with van der Waals surface area (Å²) in [6.45, 7) is 2.17. The zero-order chi connectivity index (χ0) is 13.2. The van der Waals surface area contributed by atoms with Crippen molar-refractivity contribution >= 4 is 5.91 Å². The van der Waals surface area contributed by atoms with Crippen molar-refractivity contribution in [1.29, 1.82) is 0 Å². The van der Waals surface area contributed by atoms with Crippen LogP contribution in [-0.2, 0) is 4.79 Å². The molecule has 0 aliphatic heterocycles. The van der Waals surface area contributed by atoms with E-state index in [2.05, 4.69) is 22.2 Å². The molecule has 1 aromatic heterocycles. The number of rotatable bonds is 4. The first kappa shape index (κ1) is 12.7. The summed E-state index contributed by atoms with van der Waals surface area (Å²) >= 11 is 0. The Bertz CT molecular complexity index is 423. The number of imidazole rings is 1. The fraction of sp³-hybridized carbons (Fsp3) is 0.733. The molecule has 3 atom stereocenters. The Balaban J connectivity index is 1.49. The Labute approximate surface area is 114 Å². The molecule has 0 aromatic carbocycles. The summed E-state index contributed by atoms with van der Waals surface area (Å²) in [5.41, 5.74) is 1.10. The summed E-state index contributed by atoms with van der Waals surface area (Å²) < 4.78 is 0. The van der Waals surface area contributed by atoms with Gasteiger partial charge in [0.05, 0.1) is 6.33 Å². The molecule has 2 saturated carbocycles. The maximum absolute atomic E-state index is 12.2. The molecule has 4 heteroatoms. The van der Waals surface area contributed by atoms with Crippen LogP contribution in [0.1, 0.15) is 57.1 Å². The van der Waals surface area contributed by atoms with E-state index in [4.69, 9.17) is 0 Å². The smallest absolute Gasteiger partial charge is 0.224 e. The lowest BCUT2D eigenvalue weighted by atomic mass is 9.84. The average molecular weight is 261 g/mol. The number of aromatic amines is 1. The monoisotopic (exact) mass is 261 g/mol. The number of hydrogen-bond donors (Lipinski definition) is 2. The second-order valence-corrected chi connectivity index (χ2v) is 6.15. The Kier molecular flexibility index (Phi) is 3.58. The van der Waals surface area contributed by atoms with Gasteiger partial charge in [0.2, 0.25) is 5.91 Å². The van der Waals surface area contributed by atoms with Crippen LogP contribution >= 0.6 is 0 Å². The third-order valence-corrected chi connectivity index (χ3v) is 4.77. The Morgan fingerprint density at radius 2 is 2.21 bits per heavy atom. The molecule has 3 rings (SSSR count). The predicted molar refractivity (Wildman–Crippen MR) is 73.6 cm³/mol. The summed E-state index contributed by atoms with van der Waals surface area (Å²) in [5.74, 6) is 1.44. The number of carbonyl (C=O) groups is 1. The fourth-order valence-corrected chi connectivity index (χ4v) is 3.38. The lowest BCUT2D eigenvalue weighted by Crippen LogP contribution is -2.39. The molecule has 1 unspecified atom stereocenters. The minimum Gasteiger partial charge on any atom is -0.353 e. The molecule has 19 heavy (non-hydrogen) atoms. The van der Waals surface area contributed by atoms with E-state index in [0.717, 1.165) is 12.1 Å². The van der Waals surface area contributed by atoms with Crippen LogP contribution in [0.4, 0.5) is 0 Å². The van der Waals surface area contributed by atoms with Gasteiger partial charge in [-0.1, -0.05) is 19.3 Å². The van der Waals surface area contributed by atoms with Crippen molar-refractivity contribution in [3.8, 4) is 0 Å². The van der Waals surface area contributed by atoms with E-state index in [-0.39, 0.29) is 11.8 Å². The van der Waals surface area contributed by atoms with Crippen LogP contribution in [0.5, 0.6) is 0 Å². The van der Waals surface area contributed by atoms with Crippen molar-refractivity contribution in [2.45, 2.75) is 57.4 Å². The van der Waals surface area contributed by atoms with Crippen LogP contribution in [-0.4, -0.2) is 21.9 Å². The zero-order valence-electron chi connectivity index (χ0n) is 11.6.